The Bertz CT molecular complexity index is 1450. The van der Waals surface area contributed by atoms with Crippen molar-refractivity contribution in [2.24, 2.45) is 0 Å². The average Bonchev–Trinajstić information content (AvgIpc) is 3.17. The maximum atomic E-state index is 13.7. The Labute approximate surface area is 238 Å². The monoisotopic (exact) mass is 539 g/mol. The number of rotatable bonds is 5. The first-order valence-electron chi connectivity index (χ1n) is 13.9. The molecule has 1 amide bonds. The smallest absolute Gasteiger partial charge is 0.300 e. The van der Waals surface area contributed by atoms with Gasteiger partial charge in [0.25, 0.3) is 11.7 Å². The van der Waals surface area contributed by atoms with Crippen LogP contribution in [0.2, 0.25) is 0 Å². The molecular weight excluding hydrogens is 498 g/mol. The van der Waals surface area contributed by atoms with Gasteiger partial charge in [0.05, 0.1) is 24.3 Å². The molecule has 0 aliphatic carbocycles. The first kappa shape index (κ1) is 29.1. The maximum absolute atomic E-state index is 13.7. The number of hydrogen-bond acceptors (Lipinski definition) is 4. The second kappa shape index (κ2) is 10.6. The van der Waals surface area contributed by atoms with Crippen molar-refractivity contribution >= 4 is 23.1 Å². The number of carbonyl (C=O) groups excluding carboxylic acids is 2. The summed E-state index contributed by atoms with van der Waals surface area (Å²) in [4.78, 5) is 28.9. The second-order valence-corrected chi connectivity index (χ2v) is 13.0. The summed E-state index contributed by atoms with van der Waals surface area (Å²) in [5, 5.41) is 11.8. The number of aliphatic hydroxyl groups is 1. The van der Waals surface area contributed by atoms with Gasteiger partial charge in [0.15, 0.2) is 0 Å². The van der Waals surface area contributed by atoms with Crippen LogP contribution in [0.4, 0.5) is 5.69 Å². The zero-order valence-electron chi connectivity index (χ0n) is 25.1. The zero-order valence-corrected chi connectivity index (χ0v) is 25.1. The number of aliphatic hydroxyl groups excluding tert-OH is 1. The van der Waals surface area contributed by atoms with Crippen LogP contribution in [0.1, 0.15) is 95.2 Å². The Morgan fingerprint density at radius 1 is 0.825 bits per heavy atom. The van der Waals surface area contributed by atoms with Crippen LogP contribution in [0.5, 0.6) is 5.75 Å². The van der Waals surface area contributed by atoms with E-state index in [4.69, 9.17) is 4.74 Å². The molecule has 1 fully saturated rings. The van der Waals surface area contributed by atoms with E-state index in [0.717, 1.165) is 22.3 Å². The third-order valence-corrected chi connectivity index (χ3v) is 7.70. The molecule has 210 valence electrons. The number of ketones is 1. The van der Waals surface area contributed by atoms with E-state index in [9.17, 15) is 14.7 Å². The average molecular weight is 540 g/mol. The van der Waals surface area contributed by atoms with Crippen molar-refractivity contribution in [2.45, 2.75) is 78.2 Å². The summed E-state index contributed by atoms with van der Waals surface area (Å²) in [6.07, 6.45) is 0. The molecule has 1 unspecified atom stereocenters. The van der Waals surface area contributed by atoms with Gasteiger partial charge < -0.3 is 9.84 Å². The first-order valence-corrected chi connectivity index (χ1v) is 13.9. The lowest BCUT2D eigenvalue weighted by molar-refractivity contribution is -0.132. The number of anilines is 1. The van der Waals surface area contributed by atoms with Crippen LogP contribution in [-0.2, 0) is 20.4 Å². The predicted molar refractivity (Wildman–Crippen MR) is 162 cm³/mol. The van der Waals surface area contributed by atoms with Crippen molar-refractivity contribution in [3.63, 3.8) is 0 Å². The molecule has 5 nitrogen and oxygen atoms in total. The molecular formula is C35H41NO4. The van der Waals surface area contributed by atoms with E-state index in [1.165, 1.54) is 12.0 Å². The summed E-state index contributed by atoms with van der Waals surface area (Å²) >= 11 is 0. The Morgan fingerprint density at radius 2 is 1.38 bits per heavy atom. The molecule has 1 saturated heterocycles. The molecule has 1 aliphatic rings. The van der Waals surface area contributed by atoms with Crippen LogP contribution in [-0.4, -0.2) is 23.9 Å². The van der Waals surface area contributed by atoms with Crippen molar-refractivity contribution < 1.29 is 19.4 Å². The largest absolute Gasteiger partial charge is 0.507 e. The summed E-state index contributed by atoms with van der Waals surface area (Å²) in [7, 11) is 1.53. The maximum Gasteiger partial charge on any atom is 0.300 e. The van der Waals surface area contributed by atoms with Crippen molar-refractivity contribution in [1.82, 2.24) is 0 Å². The van der Waals surface area contributed by atoms with Crippen LogP contribution in [0.25, 0.3) is 5.76 Å². The highest BCUT2D eigenvalue weighted by atomic mass is 16.5. The number of ether oxygens (including phenoxy) is 1. The molecule has 3 aromatic carbocycles. The van der Waals surface area contributed by atoms with Crippen LogP contribution in [0, 0.1) is 0 Å². The van der Waals surface area contributed by atoms with Gasteiger partial charge in [-0.25, -0.2) is 0 Å². The molecule has 1 aliphatic heterocycles. The highest BCUT2D eigenvalue weighted by Gasteiger charge is 2.47. The zero-order chi connectivity index (χ0) is 29.6. The topological polar surface area (TPSA) is 66.8 Å². The van der Waals surface area contributed by atoms with Gasteiger partial charge in [-0.05, 0) is 63.3 Å². The number of nitrogens with zero attached hydrogens (tertiary/aromatic N) is 1. The van der Waals surface area contributed by atoms with Gasteiger partial charge >= 0.3 is 0 Å². The lowest BCUT2D eigenvalue weighted by Gasteiger charge is -2.27. The van der Waals surface area contributed by atoms with Gasteiger partial charge in [-0.3, -0.25) is 14.5 Å². The molecule has 0 spiro atoms. The van der Waals surface area contributed by atoms with Crippen LogP contribution >= 0.6 is 0 Å². The number of carbonyl (C=O) groups is 2. The normalized spacial score (nSPS) is 17.6. The fourth-order valence-electron chi connectivity index (χ4n) is 5.10. The Balaban J connectivity index is 1.97. The summed E-state index contributed by atoms with van der Waals surface area (Å²) in [6, 6.07) is 20.4. The molecule has 4 rings (SSSR count). The van der Waals surface area contributed by atoms with Crippen LogP contribution < -0.4 is 9.64 Å². The van der Waals surface area contributed by atoms with E-state index in [2.05, 4.69) is 55.4 Å². The van der Waals surface area contributed by atoms with Crippen molar-refractivity contribution in [3.8, 4) is 5.75 Å². The van der Waals surface area contributed by atoms with Gasteiger partial charge in [-0.15, -0.1) is 0 Å². The lowest BCUT2D eigenvalue weighted by atomic mass is 9.84. The number of methoxy groups -OCH3 is 1. The summed E-state index contributed by atoms with van der Waals surface area (Å²) in [5.41, 5.74) is 4.76. The molecule has 3 aromatic rings. The number of benzene rings is 3. The summed E-state index contributed by atoms with van der Waals surface area (Å²) in [6.45, 7) is 16.9. The number of Topliss-reactive ketones (excluding diaryl/α,β-unsaturated/α-hetero) is 1. The third-order valence-electron chi connectivity index (χ3n) is 7.70. The first-order chi connectivity index (χ1) is 18.6. The predicted octanol–water partition coefficient (Wildman–Crippen LogP) is 8.04. The van der Waals surface area contributed by atoms with Gasteiger partial charge in [0, 0.05) is 5.69 Å². The molecule has 1 atom stereocenters. The number of hydrogen-bond donors (Lipinski definition) is 1. The highest BCUT2D eigenvalue weighted by molar-refractivity contribution is 6.51. The molecule has 0 aromatic heterocycles. The lowest BCUT2D eigenvalue weighted by Crippen LogP contribution is -2.29. The molecule has 0 saturated carbocycles. The fraction of sp³-hybridized carbons (Fsp3) is 0.371. The van der Waals surface area contributed by atoms with E-state index in [1.54, 1.807) is 6.07 Å². The van der Waals surface area contributed by atoms with Crippen LogP contribution in [0.15, 0.2) is 72.3 Å². The molecule has 1 N–H and O–H groups in total. The molecule has 0 radical (unpaired) electrons. The van der Waals surface area contributed by atoms with Gasteiger partial charge in [0.1, 0.15) is 11.5 Å². The van der Waals surface area contributed by atoms with E-state index in [0.29, 0.717) is 22.9 Å². The Morgan fingerprint density at radius 3 is 1.88 bits per heavy atom. The van der Waals surface area contributed by atoms with Crippen molar-refractivity contribution in [2.75, 3.05) is 12.0 Å². The fourth-order valence-corrected chi connectivity index (χ4v) is 5.10. The van der Waals surface area contributed by atoms with E-state index < -0.39 is 17.7 Å². The third kappa shape index (κ3) is 5.42. The van der Waals surface area contributed by atoms with Gasteiger partial charge in [-0.1, -0.05) is 97.9 Å². The Kier molecular flexibility index (Phi) is 7.72. The van der Waals surface area contributed by atoms with E-state index in [-0.39, 0.29) is 22.2 Å². The molecule has 0 bridgehead atoms. The minimum absolute atomic E-state index is 0.0470. The minimum atomic E-state index is -0.804. The standard InChI is InChI=1S/C35H41NO4/c1-21(2)22-12-17-26(18-13-22)36-30(23-10-14-24(15-11-23)34(3,4)5)29(32(38)33(36)39)31(37)27-20-25(35(6,7)8)16-19-28(27)40-9/h10-21,30,37H,1-9H3/b31-29+. The highest BCUT2D eigenvalue weighted by Crippen LogP contribution is 2.44. The second-order valence-electron chi connectivity index (χ2n) is 13.0. The molecule has 40 heavy (non-hydrogen) atoms. The SMILES string of the molecule is COc1ccc(C(C)(C)C)cc1/C(O)=C1\C(=O)C(=O)N(c2ccc(C(C)C)cc2)C1c1ccc(C(C)(C)C)cc1. The van der Waals surface area contributed by atoms with E-state index >= 15 is 0 Å². The van der Waals surface area contributed by atoms with Crippen molar-refractivity contribution in [3.05, 3.63) is 100 Å². The quantitative estimate of drug-likeness (QED) is 0.202. The summed E-state index contributed by atoms with van der Waals surface area (Å²) in [5.74, 6) is -0.881. The number of amides is 1. The Hall–Kier alpha value is -3.86. The molecule has 5 heteroatoms. The van der Waals surface area contributed by atoms with Crippen LogP contribution in [0.3, 0.4) is 0 Å². The molecule has 1 heterocycles. The van der Waals surface area contributed by atoms with Gasteiger partial charge in [-0.2, -0.15) is 0 Å². The minimum Gasteiger partial charge on any atom is -0.507 e. The van der Waals surface area contributed by atoms with Crippen molar-refractivity contribution in [1.29, 1.82) is 0 Å². The summed E-state index contributed by atoms with van der Waals surface area (Å²) < 4.78 is 5.59. The van der Waals surface area contributed by atoms with E-state index in [1.807, 2.05) is 60.7 Å². The van der Waals surface area contributed by atoms with Gasteiger partial charge in [0.2, 0.25) is 0 Å².